The van der Waals surface area contributed by atoms with Crippen LogP contribution in [0.25, 0.3) is 0 Å². The third kappa shape index (κ3) is 2.35. The summed E-state index contributed by atoms with van der Waals surface area (Å²) in [6, 6.07) is 3.29. The lowest BCUT2D eigenvalue weighted by Crippen LogP contribution is -2.37. The van der Waals surface area contributed by atoms with Crippen LogP contribution in [0, 0.1) is 15.9 Å². The van der Waals surface area contributed by atoms with Gasteiger partial charge in [-0.15, -0.1) is 0 Å². The zero-order chi connectivity index (χ0) is 12.4. The first-order valence-electron chi connectivity index (χ1n) is 5.44. The van der Waals surface area contributed by atoms with Crippen molar-refractivity contribution in [3.63, 3.8) is 0 Å². The van der Waals surface area contributed by atoms with Gasteiger partial charge in [-0.1, -0.05) is 0 Å². The molecule has 6 heteroatoms. The van der Waals surface area contributed by atoms with E-state index < -0.39 is 17.0 Å². The molecule has 0 spiro atoms. The molecule has 0 saturated carbocycles. The third-order valence-electron chi connectivity index (χ3n) is 2.88. The summed E-state index contributed by atoms with van der Waals surface area (Å²) in [5, 5.41) is 10.5. The van der Waals surface area contributed by atoms with Gasteiger partial charge in [0.15, 0.2) is 12.1 Å². The van der Waals surface area contributed by atoms with Gasteiger partial charge in [0.05, 0.1) is 16.7 Å². The molecule has 1 atom stereocenters. The van der Waals surface area contributed by atoms with Gasteiger partial charge in [0, 0.05) is 12.6 Å². The normalized spacial score (nSPS) is 20.4. The molecule has 0 bridgehead atoms. The Morgan fingerprint density at radius 1 is 1.41 bits per heavy atom. The lowest BCUT2D eigenvalue weighted by molar-refractivity contribution is -0.385. The molecule has 92 valence electrons. The highest BCUT2D eigenvalue weighted by atomic mass is 19.1. The summed E-state index contributed by atoms with van der Waals surface area (Å²) >= 11 is 0. The molecule has 0 N–H and O–H groups in total. The van der Waals surface area contributed by atoms with Crippen LogP contribution in [0.2, 0.25) is 0 Å². The Morgan fingerprint density at radius 2 is 2.18 bits per heavy atom. The maximum absolute atomic E-state index is 13.7. The summed E-state index contributed by atoms with van der Waals surface area (Å²) in [7, 11) is 0. The van der Waals surface area contributed by atoms with Crippen LogP contribution in [-0.4, -0.2) is 17.8 Å². The van der Waals surface area contributed by atoms with Crippen LogP contribution in [0.5, 0.6) is 0 Å². The second kappa shape index (κ2) is 4.65. The van der Waals surface area contributed by atoms with E-state index in [1.807, 2.05) is 0 Å². The smallest absolute Gasteiger partial charge is 0.272 e. The summed E-state index contributed by atoms with van der Waals surface area (Å²) in [4.78, 5) is 11.1. The topological polar surface area (TPSA) is 46.4 Å². The number of nitro groups is 1. The van der Waals surface area contributed by atoms with Crippen LogP contribution in [0.3, 0.4) is 0 Å². The second-order valence-corrected chi connectivity index (χ2v) is 4.02. The van der Waals surface area contributed by atoms with Crippen molar-refractivity contribution in [3.05, 3.63) is 34.1 Å². The van der Waals surface area contributed by atoms with Gasteiger partial charge >= 0.3 is 0 Å². The van der Waals surface area contributed by atoms with Gasteiger partial charge in [-0.05, 0) is 25.3 Å². The molecule has 1 unspecified atom stereocenters. The molecule has 1 saturated heterocycles. The molecule has 17 heavy (non-hydrogen) atoms. The minimum atomic E-state index is -1.21. The molecule has 1 aliphatic heterocycles. The van der Waals surface area contributed by atoms with Crippen molar-refractivity contribution < 1.29 is 13.7 Å². The Morgan fingerprint density at radius 3 is 2.76 bits per heavy atom. The molecule has 4 nitrogen and oxygen atoms in total. The molecule has 0 aliphatic carbocycles. The number of non-ortho nitro benzene ring substituents is 1. The summed E-state index contributed by atoms with van der Waals surface area (Å²) in [5.41, 5.74) is -0.221. The average Bonchev–Trinajstić information content (AvgIpc) is 2.30. The van der Waals surface area contributed by atoms with Gasteiger partial charge in [-0.3, -0.25) is 10.1 Å². The SMILES string of the molecule is O=[N+]([O-])c1ccc(N2CCCCC2F)c(F)c1. The van der Waals surface area contributed by atoms with Crippen LogP contribution in [-0.2, 0) is 0 Å². The van der Waals surface area contributed by atoms with Gasteiger partial charge < -0.3 is 4.90 Å². The molecular formula is C11H12F2N2O2. The summed E-state index contributed by atoms with van der Waals surface area (Å²) in [5.74, 6) is -0.747. The fraction of sp³-hybridized carbons (Fsp3) is 0.455. The minimum absolute atomic E-state index is 0.0998. The van der Waals surface area contributed by atoms with Crippen LogP contribution < -0.4 is 4.90 Å². The molecular weight excluding hydrogens is 230 g/mol. The predicted molar refractivity (Wildman–Crippen MR) is 59.1 cm³/mol. The van der Waals surface area contributed by atoms with Crippen LogP contribution in [0.4, 0.5) is 20.2 Å². The lowest BCUT2D eigenvalue weighted by Gasteiger charge is -2.32. The standard InChI is InChI=1S/C11H12F2N2O2/c12-9-7-8(15(16)17)4-5-10(9)14-6-2-1-3-11(14)13/h4-5,7,11H,1-3,6H2. The van der Waals surface area contributed by atoms with Crippen LogP contribution in [0.15, 0.2) is 18.2 Å². The highest BCUT2D eigenvalue weighted by molar-refractivity contribution is 5.53. The molecule has 1 heterocycles. The molecule has 2 rings (SSSR count). The van der Waals surface area contributed by atoms with Gasteiger partial charge in [0.2, 0.25) is 0 Å². The quantitative estimate of drug-likeness (QED) is 0.455. The lowest BCUT2D eigenvalue weighted by atomic mass is 10.1. The van der Waals surface area contributed by atoms with E-state index in [1.54, 1.807) is 0 Å². The van der Waals surface area contributed by atoms with E-state index in [9.17, 15) is 18.9 Å². The van der Waals surface area contributed by atoms with Crippen molar-refractivity contribution in [2.75, 3.05) is 11.4 Å². The number of hydrogen-bond acceptors (Lipinski definition) is 3. The second-order valence-electron chi connectivity index (χ2n) is 4.02. The maximum atomic E-state index is 13.7. The molecule has 1 fully saturated rings. The minimum Gasteiger partial charge on any atom is -0.340 e. The number of benzene rings is 1. The Bertz CT molecular complexity index is 439. The predicted octanol–water partition coefficient (Wildman–Crippen LogP) is 3.02. The molecule has 1 aromatic rings. The van der Waals surface area contributed by atoms with Gasteiger partial charge in [0.1, 0.15) is 0 Å². The van der Waals surface area contributed by atoms with Crippen molar-refractivity contribution in [1.29, 1.82) is 0 Å². The molecule has 0 radical (unpaired) electrons. The van der Waals surface area contributed by atoms with E-state index >= 15 is 0 Å². The van der Waals surface area contributed by atoms with E-state index in [4.69, 9.17) is 0 Å². The summed E-state index contributed by atoms with van der Waals surface area (Å²) in [6.07, 6.45) is 0.749. The van der Waals surface area contributed by atoms with Crippen molar-refractivity contribution in [3.8, 4) is 0 Å². The van der Waals surface area contributed by atoms with E-state index in [0.29, 0.717) is 13.0 Å². The number of nitro benzene ring substituents is 1. The number of rotatable bonds is 2. The number of hydrogen-bond donors (Lipinski definition) is 0. The number of halogens is 2. The maximum Gasteiger partial charge on any atom is 0.272 e. The third-order valence-corrected chi connectivity index (χ3v) is 2.88. The van der Waals surface area contributed by atoms with Crippen molar-refractivity contribution in [2.45, 2.75) is 25.6 Å². The van der Waals surface area contributed by atoms with Crippen molar-refractivity contribution >= 4 is 11.4 Å². The monoisotopic (exact) mass is 242 g/mol. The van der Waals surface area contributed by atoms with Crippen molar-refractivity contribution in [1.82, 2.24) is 0 Å². The highest BCUT2D eigenvalue weighted by Gasteiger charge is 2.25. The summed E-state index contributed by atoms with van der Waals surface area (Å²) < 4.78 is 27.3. The summed E-state index contributed by atoms with van der Waals surface area (Å²) in [6.45, 7) is 0.440. The molecule has 0 amide bonds. The number of piperidine rings is 1. The van der Waals surface area contributed by atoms with Crippen LogP contribution >= 0.6 is 0 Å². The van der Waals surface area contributed by atoms with Crippen LogP contribution in [0.1, 0.15) is 19.3 Å². The largest absolute Gasteiger partial charge is 0.340 e. The Balaban J connectivity index is 2.29. The number of anilines is 1. The fourth-order valence-corrected chi connectivity index (χ4v) is 2.00. The molecule has 0 aromatic heterocycles. The first kappa shape index (κ1) is 11.8. The van der Waals surface area contributed by atoms with Gasteiger partial charge in [-0.2, -0.15) is 0 Å². The van der Waals surface area contributed by atoms with E-state index in [1.165, 1.54) is 17.0 Å². The molecule has 1 aliphatic rings. The first-order chi connectivity index (χ1) is 8.09. The van der Waals surface area contributed by atoms with Gasteiger partial charge in [-0.25, -0.2) is 8.78 Å². The van der Waals surface area contributed by atoms with E-state index in [0.717, 1.165) is 18.9 Å². The average molecular weight is 242 g/mol. The number of alkyl halides is 1. The highest BCUT2D eigenvalue weighted by Crippen LogP contribution is 2.29. The molecule has 1 aromatic carbocycles. The Labute approximate surface area is 97.0 Å². The number of nitrogens with zero attached hydrogens (tertiary/aromatic N) is 2. The van der Waals surface area contributed by atoms with E-state index in [-0.39, 0.29) is 11.4 Å². The Hall–Kier alpha value is -1.72. The van der Waals surface area contributed by atoms with Crippen molar-refractivity contribution in [2.24, 2.45) is 0 Å². The Kier molecular flexibility index (Phi) is 3.21. The van der Waals surface area contributed by atoms with E-state index in [2.05, 4.69) is 0 Å². The first-order valence-corrected chi connectivity index (χ1v) is 5.44. The fourth-order valence-electron chi connectivity index (χ4n) is 2.00. The zero-order valence-corrected chi connectivity index (χ0v) is 9.10. The zero-order valence-electron chi connectivity index (χ0n) is 9.10. The van der Waals surface area contributed by atoms with Gasteiger partial charge in [0.25, 0.3) is 5.69 Å².